The molecule has 0 bridgehead atoms. The summed E-state index contributed by atoms with van der Waals surface area (Å²) in [6.45, 7) is 2.18. The van der Waals surface area contributed by atoms with E-state index in [2.05, 4.69) is 18.8 Å². The van der Waals surface area contributed by atoms with Crippen molar-refractivity contribution in [2.75, 3.05) is 0 Å². The van der Waals surface area contributed by atoms with Crippen molar-refractivity contribution < 1.29 is 5.11 Å². The first kappa shape index (κ1) is 13.5. The third kappa shape index (κ3) is 5.94. The summed E-state index contributed by atoms with van der Waals surface area (Å²) in [7, 11) is 0. The maximum absolute atomic E-state index is 9.81. The zero-order chi connectivity index (χ0) is 12.3. The highest BCUT2D eigenvalue weighted by Crippen LogP contribution is 2.12. The molecule has 1 atom stereocenters. The molecule has 0 saturated carbocycles. The average molecular weight is 228 g/mol. The van der Waals surface area contributed by atoms with Gasteiger partial charge < -0.3 is 5.11 Å². The SMILES string of the molecule is CCCCCC#C/C=C\[C@H](O)c1ccccc1. The van der Waals surface area contributed by atoms with E-state index in [0.29, 0.717) is 0 Å². The molecule has 1 aromatic rings. The minimum atomic E-state index is -0.554. The molecule has 1 nitrogen and oxygen atoms in total. The molecule has 0 amide bonds. The van der Waals surface area contributed by atoms with Gasteiger partial charge in [0.15, 0.2) is 0 Å². The van der Waals surface area contributed by atoms with E-state index in [1.54, 1.807) is 12.2 Å². The molecule has 0 radical (unpaired) electrons. The summed E-state index contributed by atoms with van der Waals surface area (Å²) in [6, 6.07) is 9.59. The maximum atomic E-state index is 9.81. The van der Waals surface area contributed by atoms with Crippen LogP contribution in [0.4, 0.5) is 0 Å². The maximum Gasteiger partial charge on any atom is 0.0980 e. The lowest BCUT2D eigenvalue weighted by molar-refractivity contribution is 0.229. The monoisotopic (exact) mass is 228 g/mol. The first-order valence-corrected chi connectivity index (χ1v) is 6.22. The molecule has 0 fully saturated rings. The van der Waals surface area contributed by atoms with Crippen LogP contribution in [0.5, 0.6) is 0 Å². The normalized spacial score (nSPS) is 12.1. The summed E-state index contributed by atoms with van der Waals surface area (Å²) in [6.07, 6.45) is 7.49. The first-order chi connectivity index (χ1) is 8.34. The quantitative estimate of drug-likeness (QED) is 0.599. The van der Waals surface area contributed by atoms with Crippen LogP contribution in [0.15, 0.2) is 42.5 Å². The fourth-order valence-corrected chi connectivity index (χ4v) is 1.50. The van der Waals surface area contributed by atoms with Gasteiger partial charge in [0.2, 0.25) is 0 Å². The Kier molecular flexibility index (Phi) is 6.86. The van der Waals surface area contributed by atoms with Gasteiger partial charge in [0.1, 0.15) is 0 Å². The molecule has 1 N–H and O–H groups in total. The Morgan fingerprint density at radius 2 is 2.00 bits per heavy atom. The number of benzene rings is 1. The Morgan fingerprint density at radius 3 is 2.71 bits per heavy atom. The van der Waals surface area contributed by atoms with Crippen molar-refractivity contribution in [1.82, 2.24) is 0 Å². The van der Waals surface area contributed by atoms with Crippen molar-refractivity contribution in [1.29, 1.82) is 0 Å². The summed E-state index contributed by atoms with van der Waals surface area (Å²) in [5, 5.41) is 9.81. The van der Waals surface area contributed by atoms with Gasteiger partial charge >= 0.3 is 0 Å². The average Bonchev–Trinajstić information content (AvgIpc) is 2.38. The van der Waals surface area contributed by atoms with Crippen LogP contribution in [0, 0.1) is 11.8 Å². The second-order valence-corrected chi connectivity index (χ2v) is 3.99. The third-order valence-corrected chi connectivity index (χ3v) is 2.51. The predicted octanol–water partition coefficient (Wildman–Crippen LogP) is 3.86. The number of aliphatic hydroxyl groups excluding tert-OH is 1. The van der Waals surface area contributed by atoms with E-state index in [-0.39, 0.29) is 0 Å². The highest BCUT2D eigenvalue weighted by Gasteiger charge is 1.99. The van der Waals surface area contributed by atoms with Gasteiger partial charge in [0.25, 0.3) is 0 Å². The standard InChI is InChI=1S/C16H20O/c1-2-3-4-5-6-7-11-14-16(17)15-12-9-8-10-13-15/h8-14,16-17H,2-5H2,1H3/b14-11-/t16-/m0/s1. The Balaban J connectivity index is 2.33. The van der Waals surface area contributed by atoms with Crippen molar-refractivity contribution in [3.05, 3.63) is 48.0 Å². The molecule has 0 saturated heterocycles. The van der Waals surface area contributed by atoms with E-state index in [1.807, 2.05) is 30.3 Å². The van der Waals surface area contributed by atoms with Gasteiger partial charge in [0.05, 0.1) is 6.10 Å². The Labute approximate surface area is 104 Å². The van der Waals surface area contributed by atoms with Crippen LogP contribution in [0.3, 0.4) is 0 Å². The van der Waals surface area contributed by atoms with Gasteiger partial charge in [-0.2, -0.15) is 0 Å². The van der Waals surface area contributed by atoms with Crippen molar-refractivity contribution in [2.45, 2.75) is 38.7 Å². The molecule has 0 aliphatic rings. The lowest BCUT2D eigenvalue weighted by Gasteiger charge is -2.03. The Hall–Kier alpha value is -1.52. The van der Waals surface area contributed by atoms with E-state index in [1.165, 1.54) is 19.3 Å². The summed E-state index contributed by atoms with van der Waals surface area (Å²) in [5.74, 6) is 6.03. The molecule has 0 aliphatic carbocycles. The second kappa shape index (κ2) is 8.61. The summed E-state index contributed by atoms with van der Waals surface area (Å²) < 4.78 is 0. The number of hydrogen-bond donors (Lipinski definition) is 1. The molecule has 0 aliphatic heterocycles. The first-order valence-electron chi connectivity index (χ1n) is 6.22. The lowest BCUT2D eigenvalue weighted by Crippen LogP contribution is -1.91. The second-order valence-electron chi connectivity index (χ2n) is 3.99. The van der Waals surface area contributed by atoms with Crippen LogP contribution in [-0.2, 0) is 0 Å². The minimum absolute atomic E-state index is 0.554. The molecule has 1 heteroatoms. The fourth-order valence-electron chi connectivity index (χ4n) is 1.50. The van der Waals surface area contributed by atoms with Crippen molar-refractivity contribution in [3.8, 4) is 11.8 Å². The molecule has 1 aromatic carbocycles. The smallest absolute Gasteiger partial charge is 0.0980 e. The van der Waals surface area contributed by atoms with Crippen LogP contribution in [-0.4, -0.2) is 5.11 Å². The zero-order valence-electron chi connectivity index (χ0n) is 10.4. The number of allylic oxidation sites excluding steroid dienone is 1. The van der Waals surface area contributed by atoms with Crippen molar-refractivity contribution >= 4 is 0 Å². The largest absolute Gasteiger partial charge is 0.384 e. The molecule has 1 rings (SSSR count). The van der Waals surface area contributed by atoms with Gasteiger partial charge in [-0.3, -0.25) is 0 Å². The number of rotatable bonds is 5. The van der Waals surface area contributed by atoms with Gasteiger partial charge in [-0.05, 0) is 24.1 Å². The van der Waals surface area contributed by atoms with Gasteiger partial charge in [-0.25, -0.2) is 0 Å². The van der Waals surface area contributed by atoms with E-state index in [0.717, 1.165) is 12.0 Å². The van der Waals surface area contributed by atoms with Gasteiger partial charge in [-0.1, -0.05) is 61.9 Å². The topological polar surface area (TPSA) is 20.2 Å². The van der Waals surface area contributed by atoms with Crippen molar-refractivity contribution in [2.24, 2.45) is 0 Å². The fraction of sp³-hybridized carbons (Fsp3) is 0.375. The van der Waals surface area contributed by atoms with E-state index in [9.17, 15) is 5.11 Å². The molecule has 0 heterocycles. The lowest BCUT2D eigenvalue weighted by atomic mass is 10.1. The third-order valence-electron chi connectivity index (χ3n) is 2.51. The molecule has 90 valence electrons. The molecule has 0 unspecified atom stereocenters. The van der Waals surface area contributed by atoms with Crippen LogP contribution >= 0.6 is 0 Å². The van der Waals surface area contributed by atoms with Crippen molar-refractivity contribution in [3.63, 3.8) is 0 Å². The van der Waals surface area contributed by atoms with Gasteiger partial charge in [0, 0.05) is 6.42 Å². The molecule has 0 spiro atoms. The highest BCUT2D eigenvalue weighted by molar-refractivity contribution is 5.24. The minimum Gasteiger partial charge on any atom is -0.384 e. The number of unbranched alkanes of at least 4 members (excludes halogenated alkanes) is 3. The van der Waals surface area contributed by atoms with E-state index in [4.69, 9.17) is 0 Å². The molecule has 0 aromatic heterocycles. The highest BCUT2D eigenvalue weighted by atomic mass is 16.3. The van der Waals surface area contributed by atoms with E-state index < -0.39 is 6.10 Å². The van der Waals surface area contributed by atoms with Crippen LogP contribution in [0.2, 0.25) is 0 Å². The molecule has 17 heavy (non-hydrogen) atoms. The van der Waals surface area contributed by atoms with E-state index >= 15 is 0 Å². The van der Waals surface area contributed by atoms with Crippen LogP contribution in [0.25, 0.3) is 0 Å². The van der Waals surface area contributed by atoms with Crippen LogP contribution < -0.4 is 0 Å². The summed E-state index contributed by atoms with van der Waals surface area (Å²) >= 11 is 0. The number of hydrogen-bond acceptors (Lipinski definition) is 1. The predicted molar refractivity (Wildman–Crippen MR) is 72.5 cm³/mol. The molecular weight excluding hydrogens is 208 g/mol. The van der Waals surface area contributed by atoms with Crippen LogP contribution in [0.1, 0.15) is 44.3 Å². The Bertz CT molecular complexity index is 381. The summed E-state index contributed by atoms with van der Waals surface area (Å²) in [4.78, 5) is 0. The molecular formula is C16H20O. The Morgan fingerprint density at radius 1 is 1.24 bits per heavy atom. The summed E-state index contributed by atoms with van der Waals surface area (Å²) in [5.41, 5.74) is 0.900. The zero-order valence-corrected chi connectivity index (χ0v) is 10.4. The van der Waals surface area contributed by atoms with Gasteiger partial charge in [-0.15, -0.1) is 0 Å². The number of aliphatic hydroxyl groups is 1.